The molecule has 0 spiro atoms. The molecule has 1 atom stereocenters. The van der Waals surface area contributed by atoms with Crippen LogP contribution in [-0.2, 0) is 26.0 Å². The van der Waals surface area contributed by atoms with Crippen LogP contribution in [0.3, 0.4) is 0 Å². The lowest BCUT2D eigenvalue weighted by Crippen LogP contribution is -2.28. The van der Waals surface area contributed by atoms with E-state index in [1.165, 1.54) is 23.9 Å². The molecule has 0 amide bonds. The van der Waals surface area contributed by atoms with E-state index in [0.29, 0.717) is 28.5 Å². The number of nitrogens with zero attached hydrogens (tertiary/aromatic N) is 2. The molecule has 2 N–H and O–H groups in total. The Hall–Kier alpha value is -3.81. The third-order valence-electron chi connectivity index (χ3n) is 5.26. The second-order valence-corrected chi connectivity index (χ2v) is 11.9. The maximum absolute atomic E-state index is 13.2. The molecule has 0 heterocycles. The number of esters is 1. The maximum atomic E-state index is 13.2. The fourth-order valence-electron chi connectivity index (χ4n) is 3.63. The average Bonchev–Trinajstić information content (AvgIpc) is 2.86. The Balaban J connectivity index is 1.89. The van der Waals surface area contributed by atoms with Crippen LogP contribution in [0.2, 0.25) is 0 Å². The van der Waals surface area contributed by atoms with E-state index < -0.39 is 21.5 Å². The molecular formula is C28H30N4O4S2. The van der Waals surface area contributed by atoms with Gasteiger partial charge >= 0.3 is 5.97 Å². The van der Waals surface area contributed by atoms with Crippen LogP contribution in [0.25, 0.3) is 0 Å². The lowest BCUT2D eigenvalue weighted by atomic mass is 9.91. The zero-order chi connectivity index (χ0) is 27.8. The summed E-state index contributed by atoms with van der Waals surface area (Å²) in [6.45, 7) is 5.44. The molecule has 0 aliphatic heterocycles. The van der Waals surface area contributed by atoms with Gasteiger partial charge in [-0.15, -0.1) is 4.99 Å². The van der Waals surface area contributed by atoms with Gasteiger partial charge in [0.15, 0.2) is 5.17 Å². The van der Waals surface area contributed by atoms with Crippen molar-refractivity contribution in [3.63, 3.8) is 0 Å². The summed E-state index contributed by atoms with van der Waals surface area (Å²) in [5.41, 5.74) is 1.72. The van der Waals surface area contributed by atoms with E-state index in [9.17, 15) is 13.2 Å². The van der Waals surface area contributed by atoms with Gasteiger partial charge in [0.05, 0.1) is 10.8 Å². The predicted octanol–water partition coefficient (Wildman–Crippen LogP) is 5.77. The molecule has 8 nitrogen and oxygen atoms in total. The van der Waals surface area contributed by atoms with Crippen LogP contribution in [0.4, 0.5) is 11.4 Å². The van der Waals surface area contributed by atoms with Crippen molar-refractivity contribution in [2.45, 2.75) is 43.6 Å². The third-order valence-corrected chi connectivity index (χ3v) is 7.21. The Bertz CT molecular complexity index is 1440. The summed E-state index contributed by atoms with van der Waals surface area (Å²) in [5.74, 6) is -1.01. The van der Waals surface area contributed by atoms with Crippen LogP contribution in [0.1, 0.15) is 37.8 Å². The van der Waals surface area contributed by atoms with Crippen molar-refractivity contribution >= 4 is 44.3 Å². The van der Waals surface area contributed by atoms with E-state index in [2.05, 4.69) is 15.0 Å². The number of ether oxygens (including phenoxy) is 1. The summed E-state index contributed by atoms with van der Waals surface area (Å²) in [6.07, 6.45) is 3.86. The highest BCUT2D eigenvalue weighted by Crippen LogP contribution is 2.28. The third kappa shape index (κ3) is 8.36. The van der Waals surface area contributed by atoms with Gasteiger partial charge < -0.3 is 10.1 Å². The lowest BCUT2D eigenvalue weighted by Gasteiger charge is -2.24. The maximum Gasteiger partial charge on any atom is 0.314 e. The number of carbonyl (C=O) groups is 1. The molecule has 0 aliphatic carbocycles. The van der Waals surface area contributed by atoms with Gasteiger partial charge in [0.1, 0.15) is 5.60 Å². The number of nitriles is 1. The van der Waals surface area contributed by atoms with Gasteiger partial charge in [0, 0.05) is 11.4 Å². The van der Waals surface area contributed by atoms with E-state index in [1.54, 1.807) is 48.8 Å². The van der Waals surface area contributed by atoms with E-state index >= 15 is 0 Å². The Labute approximate surface area is 228 Å². The number of thioether (sulfide) groups is 1. The second-order valence-electron chi connectivity index (χ2n) is 9.38. The van der Waals surface area contributed by atoms with Gasteiger partial charge in [-0.05, 0) is 74.9 Å². The largest absolute Gasteiger partial charge is 0.459 e. The summed E-state index contributed by atoms with van der Waals surface area (Å²) < 4.78 is 34.7. The van der Waals surface area contributed by atoms with Gasteiger partial charge in [-0.1, -0.05) is 60.3 Å². The second kappa shape index (κ2) is 12.6. The molecule has 3 aromatic rings. The number of carbonyl (C=O) groups excluding carboxylic acids is 1. The van der Waals surface area contributed by atoms with E-state index in [-0.39, 0.29) is 10.9 Å². The first kappa shape index (κ1) is 28.8. The topological polar surface area (TPSA) is 121 Å². The van der Waals surface area contributed by atoms with Crippen molar-refractivity contribution in [2.24, 2.45) is 4.99 Å². The van der Waals surface area contributed by atoms with Gasteiger partial charge in [0.25, 0.3) is 10.0 Å². The van der Waals surface area contributed by atoms with Crippen LogP contribution < -0.4 is 10.0 Å². The number of rotatable bonds is 8. The summed E-state index contributed by atoms with van der Waals surface area (Å²) in [6, 6.07) is 22.6. The Kier molecular flexibility index (Phi) is 9.55. The first-order valence-electron chi connectivity index (χ1n) is 11.8. The first-order valence-corrected chi connectivity index (χ1v) is 14.5. The number of anilines is 2. The Morgan fingerprint density at radius 1 is 1.03 bits per heavy atom. The first-order chi connectivity index (χ1) is 18.0. The number of benzene rings is 3. The molecule has 0 aromatic heterocycles. The van der Waals surface area contributed by atoms with Gasteiger partial charge in [-0.2, -0.15) is 5.26 Å². The molecule has 0 fully saturated rings. The van der Waals surface area contributed by atoms with Crippen molar-refractivity contribution in [3.05, 3.63) is 90.0 Å². The van der Waals surface area contributed by atoms with Crippen LogP contribution >= 0.6 is 11.8 Å². The fourth-order valence-corrected chi connectivity index (χ4v) is 5.07. The number of aliphatic imine (C=N–C) groups is 1. The lowest BCUT2D eigenvalue weighted by molar-refractivity contribution is -0.156. The highest BCUT2D eigenvalue weighted by Gasteiger charge is 2.27. The molecule has 3 rings (SSSR count). The normalized spacial score (nSPS) is 12.8. The van der Waals surface area contributed by atoms with Crippen LogP contribution in [0, 0.1) is 11.5 Å². The molecule has 0 bridgehead atoms. The molecule has 198 valence electrons. The quantitative estimate of drug-likeness (QED) is 0.158. The Morgan fingerprint density at radius 2 is 1.71 bits per heavy atom. The van der Waals surface area contributed by atoms with Crippen LogP contribution in [0.5, 0.6) is 0 Å². The zero-order valence-electron chi connectivity index (χ0n) is 21.6. The number of amidine groups is 1. The van der Waals surface area contributed by atoms with Crippen molar-refractivity contribution in [3.8, 4) is 6.19 Å². The summed E-state index contributed by atoms with van der Waals surface area (Å²) in [7, 11) is -3.96. The molecule has 3 aromatic carbocycles. The van der Waals surface area contributed by atoms with Gasteiger partial charge in [0.2, 0.25) is 6.19 Å². The van der Waals surface area contributed by atoms with Crippen molar-refractivity contribution in [1.82, 2.24) is 0 Å². The Morgan fingerprint density at radius 3 is 2.37 bits per heavy atom. The predicted molar refractivity (Wildman–Crippen MR) is 153 cm³/mol. The minimum absolute atomic E-state index is 0.0262. The zero-order valence-corrected chi connectivity index (χ0v) is 23.3. The van der Waals surface area contributed by atoms with Gasteiger partial charge in [-0.3, -0.25) is 9.52 Å². The molecule has 0 saturated heterocycles. The molecule has 10 heteroatoms. The molecule has 0 aliphatic rings. The molecule has 38 heavy (non-hydrogen) atoms. The van der Waals surface area contributed by atoms with E-state index in [0.717, 1.165) is 5.56 Å². The van der Waals surface area contributed by atoms with Crippen LogP contribution in [-0.4, -0.2) is 31.4 Å². The number of sulfonamides is 1. The monoisotopic (exact) mass is 550 g/mol. The highest BCUT2D eigenvalue weighted by atomic mass is 32.2. The standard InChI is InChI=1S/C28H30N4O4S2/c1-28(2,3)36-26(33)25(16-20-10-6-5-7-11-20)21-12-8-14-23(17-21)32-38(34,35)24-15-9-13-22(18-24)31-27(37-4)30-19-29/h5-15,17-18,25,32H,16H2,1-4H3,(H,30,31). The minimum atomic E-state index is -3.96. The van der Waals surface area contributed by atoms with E-state index in [4.69, 9.17) is 10.00 Å². The number of hydrogen-bond acceptors (Lipinski definition) is 7. The smallest absolute Gasteiger partial charge is 0.314 e. The number of nitrogens with one attached hydrogen (secondary N) is 2. The molecule has 1 unspecified atom stereocenters. The SMILES string of the molecule is CSC(=NC#N)Nc1cccc(S(=O)(=O)Nc2cccc(C(Cc3ccccc3)C(=O)OC(C)(C)C)c2)c1. The summed E-state index contributed by atoms with van der Waals surface area (Å²) >= 11 is 1.23. The van der Waals surface area contributed by atoms with Crippen molar-refractivity contribution < 1.29 is 17.9 Å². The minimum Gasteiger partial charge on any atom is -0.459 e. The summed E-state index contributed by atoms with van der Waals surface area (Å²) in [5, 5.41) is 12.1. The van der Waals surface area contributed by atoms with Crippen molar-refractivity contribution in [2.75, 3.05) is 16.3 Å². The fraction of sp³-hybridized carbons (Fsp3) is 0.250. The molecular weight excluding hydrogens is 520 g/mol. The molecule has 0 radical (unpaired) electrons. The van der Waals surface area contributed by atoms with E-state index in [1.807, 2.05) is 51.1 Å². The molecule has 0 saturated carbocycles. The average molecular weight is 551 g/mol. The van der Waals surface area contributed by atoms with Crippen LogP contribution in [0.15, 0.2) is 88.8 Å². The highest BCUT2D eigenvalue weighted by molar-refractivity contribution is 8.13. The summed E-state index contributed by atoms with van der Waals surface area (Å²) in [4.78, 5) is 16.9. The van der Waals surface area contributed by atoms with Gasteiger partial charge in [-0.25, -0.2) is 8.42 Å². The van der Waals surface area contributed by atoms with Crippen molar-refractivity contribution in [1.29, 1.82) is 5.26 Å². The number of hydrogen-bond donors (Lipinski definition) is 2.